The highest BCUT2D eigenvalue weighted by molar-refractivity contribution is 6.33. The molecule has 6 rings (SSSR count). The highest BCUT2D eigenvalue weighted by Gasteiger charge is 2.20. The van der Waals surface area contributed by atoms with Crippen molar-refractivity contribution in [2.45, 2.75) is 13.8 Å². The molecule has 0 saturated heterocycles. The summed E-state index contributed by atoms with van der Waals surface area (Å²) in [5, 5.41) is 10.3. The fraction of sp³-hybridized carbons (Fsp3) is 0.0800. The van der Waals surface area contributed by atoms with Crippen molar-refractivity contribution >= 4 is 44.2 Å². The van der Waals surface area contributed by atoms with Crippen molar-refractivity contribution in [3.63, 3.8) is 0 Å². The van der Waals surface area contributed by atoms with Gasteiger partial charge >= 0.3 is 0 Å². The molecule has 0 aliphatic heterocycles. The molecule has 6 aromatic rings. The number of nitrogens with zero attached hydrogens (tertiary/aromatic N) is 2. The molecular weight excluding hydrogens is 441 g/mol. The predicted octanol–water partition coefficient (Wildman–Crippen LogP) is 6.02. The molecular formula is C25H17ClFN5O. The summed E-state index contributed by atoms with van der Waals surface area (Å²) in [4.78, 5) is 23.7. The van der Waals surface area contributed by atoms with Gasteiger partial charge in [-0.1, -0.05) is 29.8 Å². The number of aryl methyl sites for hydroxylation is 2. The molecule has 0 unspecified atom stereocenters. The number of H-pyrrole nitrogens is 3. The average Bonchev–Trinajstić information content (AvgIpc) is 3.37. The van der Waals surface area contributed by atoms with Crippen LogP contribution < -0.4 is 5.56 Å². The summed E-state index contributed by atoms with van der Waals surface area (Å²) < 4.78 is 14.6. The second kappa shape index (κ2) is 7.02. The standard InChI is InChI=1S/C25H17ClFN5O/c1-11-19(12(2)32-31-11)13-6-7-14-16(10-13)20-15(8-9-28-25(20)33)23-22(14)29-24(30-23)21-17(26)4-3-5-18(21)27/h3-10H,1-2H3,(H,28,33)(H,29,30)(H,31,32). The van der Waals surface area contributed by atoms with E-state index in [-0.39, 0.29) is 16.1 Å². The van der Waals surface area contributed by atoms with Crippen LogP contribution in [0.25, 0.3) is 55.1 Å². The number of aromatic nitrogens is 5. The normalized spacial score (nSPS) is 11.8. The molecule has 33 heavy (non-hydrogen) atoms. The van der Waals surface area contributed by atoms with Gasteiger partial charge in [0.05, 0.1) is 32.7 Å². The molecule has 0 amide bonds. The number of hydrogen-bond donors (Lipinski definition) is 3. The molecule has 8 heteroatoms. The van der Waals surface area contributed by atoms with E-state index in [1.165, 1.54) is 6.07 Å². The van der Waals surface area contributed by atoms with E-state index in [0.29, 0.717) is 27.6 Å². The van der Waals surface area contributed by atoms with Crippen LogP contribution in [0.4, 0.5) is 4.39 Å². The van der Waals surface area contributed by atoms with Gasteiger partial charge in [-0.15, -0.1) is 0 Å². The molecule has 0 fully saturated rings. The van der Waals surface area contributed by atoms with Gasteiger partial charge in [0.15, 0.2) is 0 Å². The number of rotatable bonds is 2. The van der Waals surface area contributed by atoms with Gasteiger partial charge in [0.1, 0.15) is 11.6 Å². The summed E-state index contributed by atoms with van der Waals surface area (Å²) in [5.74, 6) is -0.158. The van der Waals surface area contributed by atoms with E-state index in [9.17, 15) is 9.18 Å². The van der Waals surface area contributed by atoms with Gasteiger partial charge in [-0.2, -0.15) is 5.10 Å². The maximum absolute atomic E-state index is 14.6. The van der Waals surface area contributed by atoms with Gasteiger partial charge in [-0.05, 0) is 49.1 Å². The molecule has 0 bridgehead atoms. The van der Waals surface area contributed by atoms with Gasteiger partial charge in [0.2, 0.25) is 0 Å². The van der Waals surface area contributed by atoms with Crippen molar-refractivity contribution in [1.82, 2.24) is 25.1 Å². The van der Waals surface area contributed by atoms with E-state index < -0.39 is 5.82 Å². The molecule has 3 aromatic carbocycles. The molecule has 0 spiro atoms. The van der Waals surface area contributed by atoms with E-state index in [4.69, 9.17) is 11.6 Å². The summed E-state index contributed by atoms with van der Waals surface area (Å²) in [6.45, 7) is 3.91. The molecule has 3 heterocycles. The highest BCUT2D eigenvalue weighted by atomic mass is 35.5. The fourth-order valence-corrected chi connectivity index (χ4v) is 4.90. The van der Waals surface area contributed by atoms with E-state index >= 15 is 0 Å². The van der Waals surface area contributed by atoms with Crippen molar-refractivity contribution in [2.24, 2.45) is 0 Å². The SMILES string of the molecule is Cc1n[nH]c(C)c1-c1ccc2c(c1)c1c(=O)[nH]ccc1c1nc(-c3c(F)cccc3Cl)[nH]c21. The molecule has 6 nitrogen and oxygen atoms in total. The number of aromatic amines is 3. The third-order valence-electron chi connectivity index (χ3n) is 6.09. The van der Waals surface area contributed by atoms with Crippen molar-refractivity contribution in [1.29, 1.82) is 0 Å². The number of pyridine rings is 1. The lowest BCUT2D eigenvalue weighted by Gasteiger charge is -2.08. The van der Waals surface area contributed by atoms with E-state index in [1.807, 2.05) is 38.1 Å². The van der Waals surface area contributed by atoms with Crippen molar-refractivity contribution < 1.29 is 4.39 Å². The van der Waals surface area contributed by atoms with Crippen LogP contribution in [-0.2, 0) is 0 Å². The zero-order chi connectivity index (χ0) is 22.9. The Labute approximate surface area is 191 Å². The highest BCUT2D eigenvalue weighted by Crippen LogP contribution is 2.38. The average molecular weight is 458 g/mol. The summed E-state index contributed by atoms with van der Waals surface area (Å²) in [5.41, 5.74) is 5.06. The Kier molecular flexibility index (Phi) is 4.19. The summed E-state index contributed by atoms with van der Waals surface area (Å²) >= 11 is 6.30. The smallest absolute Gasteiger partial charge is 0.256 e. The Hall–Kier alpha value is -3.97. The third-order valence-corrected chi connectivity index (χ3v) is 6.41. The molecule has 162 valence electrons. The largest absolute Gasteiger partial charge is 0.337 e. The van der Waals surface area contributed by atoms with Gasteiger partial charge < -0.3 is 9.97 Å². The maximum atomic E-state index is 14.6. The molecule has 0 aliphatic rings. The number of halogens is 2. The van der Waals surface area contributed by atoms with Gasteiger partial charge in [0, 0.05) is 28.2 Å². The maximum Gasteiger partial charge on any atom is 0.256 e. The van der Waals surface area contributed by atoms with E-state index in [2.05, 4.69) is 25.1 Å². The molecule has 0 saturated carbocycles. The number of benzene rings is 3. The van der Waals surface area contributed by atoms with Crippen LogP contribution >= 0.6 is 11.6 Å². The lowest BCUT2D eigenvalue weighted by molar-refractivity contribution is 0.630. The van der Waals surface area contributed by atoms with E-state index in [0.717, 1.165) is 33.3 Å². The van der Waals surface area contributed by atoms with Crippen LogP contribution in [0.3, 0.4) is 0 Å². The quantitative estimate of drug-likeness (QED) is 0.277. The zero-order valence-corrected chi connectivity index (χ0v) is 18.4. The van der Waals surface area contributed by atoms with Crippen molar-refractivity contribution in [3.8, 4) is 22.5 Å². The Morgan fingerprint density at radius 2 is 1.85 bits per heavy atom. The van der Waals surface area contributed by atoms with Crippen LogP contribution in [-0.4, -0.2) is 25.1 Å². The molecule has 0 radical (unpaired) electrons. The minimum absolute atomic E-state index is 0.197. The summed E-state index contributed by atoms with van der Waals surface area (Å²) in [6.07, 6.45) is 1.59. The third kappa shape index (κ3) is 2.82. The Morgan fingerprint density at radius 1 is 1.00 bits per heavy atom. The number of imidazole rings is 1. The number of hydrogen-bond acceptors (Lipinski definition) is 3. The fourth-order valence-electron chi connectivity index (χ4n) is 4.65. The monoisotopic (exact) mass is 457 g/mol. The topological polar surface area (TPSA) is 90.2 Å². The van der Waals surface area contributed by atoms with Crippen molar-refractivity contribution in [2.75, 3.05) is 0 Å². The number of fused-ring (bicyclic) bond motifs is 6. The second-order valence-electron chi connectivity index (χ2n) is 8.07. The second-order valence-corrected chi connectivity index (χ2v) is 8.48. The van der Waals surface area contributed by atoms with Crippen molar-refractivity contribution in [3.05, 3.63) is 81.2 Å². The Morgan fingerprint density at radius 3 is 2.61 bits per heavy atom. The van der Waals surface area contributed by atoms with Crippen LogP contribution in [0.1, 0.15) is 11.4 Å². The van der Waals surface area contributed by atoms with Gasteiger partial charge in [0.25, 0.3) is 5.56 Å². The Balaban J connectivity index is 1.76. The van der Waals surface area contributed by atoms with Gasteiger partial charge in [-0.3, -0.25) is 9.89 Å². The predicted molar refractivity (Wildman–Crippen MR) is 129 cm³/mol. The Bertz CT molecular complexity index is 1760. The first-order valence-electron chi connectivity index (χ1n) is 10.4. The first-order chi connectivity index (χ1) is 15.9. The summed E-state index contributed by atoms with van der Waals surface area (Å²) in [7, 11) is 0. The van der Waals surface area contributed by atoms with Crippen LogP contribution in [0.2, 0.25) is 5.02 Å². The minimum Gasteiger partial charge on any atom is -0.337 e. The molecule has 0 atom stereocenters. The molecule has 3 N–H and O–H groups in total. The van der Waals surface area contributed by atoms with Crippen LogP contribution in [0.15, 0.2) is 53.5 Å². The lowest BCUT2D eigenvalue weighted by atomic mass is 9.96. The number of nitrogens with one attached hydrogen (secondary N) is 3. The zero-order valence-electron chi connectivity index (χ0n) is 17.7. The molecule has 0 aliphatic carbocycles. The lowest BCUT2D eigenvalue weighted by Crippen LogP contribution is -2.05. The first-order valence-corrected chi connectivity index (χ1v) is 10.7. The van der Waals surface area contributed by atoms with E-state index in [1.54, 1.807) is 18.3 Å². The van der Waals surface area contributed by atoms with Gasteiger partial charge in [-0.25, -0.2) is 9.37 Å². The minimum atomic E-state index is -0.471. The molecule has 3 aromatic heterocycles. The first kappa shape index (κ1) is 19.7. The summed E-state index contributed by atoms with van der Waals surface area (Å²) in [6, 6.07) is 12.3. The van der Waals surface area contributed by atoms with Crippen LogP contribution in [0.5, 0.6) is 0 Å². The van der Waals surface area contributed by atoms with Crippen LogP contribution in [0, 0.1) is 19.7 Å².